The molecule has 88 valence electrons. The predicted octanol–water partition coefficient (Wildman–Crippen LogP) is 3.15. The van der Waals surface area contributed by atoms with Crippen LogP contribution in [0.4, 0.5) is 13.2 Å². The summed E-state index contributed by atoms with van der Waals surface area (Å²) >= 11 is 5.27. The Labute approximate surface area is 95.0 Å². The van der Waals surface area contributed by atoms with Crippen LogP contribution in [0.15, 0.2) is 30.3 Å². The Kier molecular flexibility index (Phi) is 4.18. The van der Waals surface area contributed by atoms with Crippen molar-refractivity contribution in [1.82, 2.24) is 0 Å². The third-order valence-corrected chi connectivity index (χ3v) is 1.96. The third kappa shape index (κ3) is 4.53. The van der Waals surface area contributed by atoms with Crippen LogP contribution in [-0.4, -0.2) is 17.5 Å². The minimum absolute atomic E-state index is 0.167. The zero-order valence-electron chi connectivity index (χ0n) is 8.00. The molecule has 1 unspecified atom stereocenters. The molecule has 0 heterocycles. The molecule has 0 fully saturated rings. The van der Waals surface area contributed by atoms with Gasteiger partial charge in [0.15, 0.2) is 0 Å². The van der Waals surface area contributed by atoms with Crippen LogP contribution in [0, 0.1) is 0 Å². The Hall–Kier alpha value is -1.23. The fraction of sp³-hybridized carbons (Fsp3) is 0.300. The van der Waals surface area contributed by atoms with Crippen LogP contribution in [0.2, 0.25) is 0 Å². The number of hydrogen-bond donors (Lipinski definition) is 0. The maximum atomic E-state index is 11.9. The number of halogens is 4. The van der Waals surface area contributed by atoms with Crippen molar-refractivity contribution in [3.05, 3.63) is 30.3 Å². The van der Waals surface area contributed by atoms with Crippen molar-refractivity contribution in [2.45, 2.75) is 18.0 Å². The van der Waals surface area contributed by atoms with E-state index in [2.05, 4.69) is 4.74 Å². The van der Waals surface area contributed by atoms with Crippen LogP contribution in [0.5, 0.6) is 5.75 Å². The van der Waals surface area contributed by atoms with E-state index in [-0.39, 0.29) is 5.75 Å². The number of rotatable bonds is 3. The fourth-order valence-corrected chi connectivity index (χ4v) is 1.17. The molecule has 0 aromatic heterocycles. The highest BCUT2D eigenvalue weighted by Crippen LogP contribution is 2.25. The molecule has 1 atom stereocenters. The lowest BCUT2D eigenvalue weighted by Gasteiger charge is -2.11. The van der Waals surface area contributed by atoms with Gasteiger partial charge in [-0.2, -0.15) is 13.2 Å². The summed E-state index contributed by atoms with van der Waals surface area (Å²) in [6.45, 7) is 0. The Morgan fingerprint density at radius 2 is 1.88 bits per heavy atom. The van der Waals surface area contributed by atoms with Gasteiger partial charge in [0.25, 0.3) is 0 Å². The minimum atomic E-state index is -4.48. The van der Waals surface area contributed by atoms with Crippen LogP contribution in [0.3, 0.4) is 0 Å². The van der Waals surface area contributed by atoms with E-state index < -0.39 is 23.9 Å². The molecule has 1 rings (SSSR count). The quantitative estimate of drug-likeness (QED) is 0.469. The molecule has 0 aliphatic carbocycles. The lowest BCUT2D eigenvalue weighted by Crippen LogP contribution is -2.26. The van der Waals surface area contributed by atoms with Gasteiger partial charge < -0.3 is 4.74 Å². The zero-order chi connectivity index (χ0) is 12.2. The van der Waals surface area contributed by atoms with Gasteiger partial charge in [0, 0.05) is 0 Å². The SMILES string of the molecule is O=C(Oc1ccccc1)C(Cl)CC(F)(F)F. The Balaban J connectivity index is 2.53. The molecule has 0 N–H and O–H groups in total. The summed E-state index contributed by atoms with van der Waals surface area (Å²) < 4.78 is 40.4. The normalized spacial score (nSPS) is 13.2. The largest absolute Gasteiger partial charge is 0.425 e. The molecule has 0 amide bonds. The second-order valence-electron chi connectivity index (χ2n) is 3.02. The molecule has 6 heteroatoms. The first kappa shape index (κ1) is 12.8. The van der Waals surface area contributed by atoms with Crippen molar-refractivity contribution in [2.24, 2.45) is 0 Å². The summed E-state index contributed by atoms with van der Waals surface area (Å²) in [4.78, 5) is 11.1. The van der Waals surface area contributed by atoms with E-state index in [0.717, 1.165) is 0 Å². The molecule has 2 nitrogen and oxygen atoms in total. The summed E-state index contributed by atoms with van der Waals surface area (Å²) in [6, 6.07) is 7.78. The molecule has 0 bridgehead atoms. The number of hydrogen-bond acceptors (Lipinski definition) is 2. The van der Waals surface area contributed by atoms with Crippen molar-refractivity contribution < 1.29 is 22.7 Å². The molecule has 0 saturated carbocycles. The first-order chi connectivity index (χ1) is 7.38. The number of esters is 1. The number of carbonyl (C=O) groups is 1. The topological polar surface area (TPSA) is 26.3 Å². The molecule has 1 aromatic carbocycles. The molecule has 0 spiro atoms. The second-order valence-corrected chi connectivity index (χ2v) is 3.55. The van der Waals surface area contributed by atoms with Crippen molar-refractivity contribution in [3.8, 4) is 5.75 Å². The lowest BCUT2D eigenvalue weighted by molar-refractivity contribution is -0.150. The summed E-state index contributed by atoms with van der Waals surface area (Å²) in [6.07, 6.45) is -5.89. The van der Waals surface area contributed by atoms with Crippen molar-refractivity contribution in [1.29, 1.82) is 0 Å². The first-order valence-electron chi connectivity index (χ1n) is 4.36. The van der Waals surface area contributed by atoms with Gasteiger partial charge in [0.1, 0.15) is 11.1 Å². The van der Waals surface area contributed by atoms with Gasteiger partial charge in [-0.25, -0.2) is 0 Å². The van der Waals surface area contributed by atoms with Crippen LogP contribution in [0.1, 0.15) is 6.42 Å². The van der Waals surface area contributed by atoms with E-state index in [0.29, 0.717) is 0 Å². The highest BCUT2D eigenvalue weighted by molar-refractivity contribution is 6.30. The van der Waals surface area contributed by atoms with Gasteiger partial charge >= 0.3 is 12.1 Å². The maximum absolute atomic E-state index is 11.9. The van der Waals surface area contributed by atoms with Crippen molar-refractivity contribution >= 4 is 17.6 Å². The third-order valence-electron chi connectivity index (χ3n) is 1.63. The van der Waals surface area contributed by atoms with E-state index in [1.807, 2.05) is 0 Å². The Bertz CT molecular complexity index is 351. The lowest BCUT2D eigenvalue weighted by atomic mass is 10.3. The number of para-hydroxylation sites is 1. The molecule has 0 saturated heterocycles. The first-order valence-corrected chi connectivity index (χ1v) is 4.80. The van der Waals surface area contributed by atoms with Crippen molar-refractivity contribution in [2.75, 3.05) is 0 Å². The van der Waals surface area contributed by atoms with E-state index in [9.17, 15) is 18.0 Å². The molecule has 0 radical (unpaired) electrons. The van der Waals surface area contributed by atoms with Crippen LogP contribution in [0.25, 0.3) is 0 Å². The fourth-order valence-electron chi connectivity index (χ4n) is 0.955. The Morgan fingerprint density at radius 3 is 2.38 bits per heavy atom. The monoisotopic (exact) mass is 252 g/mol. The highest BCUT2D eigenvalue weighted by atomic mass is 35.5. The maximum Gasteiger partial charge on any atom is 0.391 e. The number of benzene rings is 1. The molecular weight excluding hydrogens is 245 g/mol. The van der Waals surface area contributed by atoms with E-state index >= 15 is 0 Å². The summed E-state index contributed by atoms with van der Waals surface area (Å²) in [5.41, 5.74) is 0. The second kappa shape index (κ2) is 5.21. The van der Waals surface area contributed by atoms with Gasteiger partial charge in [0.2, 0.25) is 0 Å². The van der Waals surface area contributed by atoms with Gasteiger partial charge in [0.05, 0.1) is 6.42 Å². The summed E-state index contributed by atoms with van der Waals surface area (Å²) in [5.74, 6) is -0.939. The standard InChI is InChI=1S/C10H8ClF3O2/c11-8(6-10(12,13)14)9(15)16-7-4-2-1-3-5-7/h1-5,8H,6H2. The van der Waals surface area contributed by atoms with Crippen molar-refractivity contribution in [3.63, 3.8) is 0 Å². The smallest absolute Gasteiger partial charge is 0.391 e. The van der Waals surface area contributed by atoms with E-state index in [4.69, 9.17) is 11.6 Å². The van der Waals surface area contributed by atoms with Crippen LogP contribution >= 0.6 is 11.6 Å². The highest BCUT2D eigenvalue weighted by Gasteiger charge is 2.35. The van der Waals surface area contributed by atoms with E-state index in [1.165, 1.54) is 12.1 Å². The van der Waals surface area contributed by atoms with Crippen LogP contribution < -0.4 is 4.74 Å². The van der Waals surface area contributed by atoms with Gasteiger partial charge in [-0.15, -0.1) is 11.6 Å². The number of ether oxygens (including phenoxy) is 1. The molecule has 0 aliphatic heterocycles. The van der Waals surface area contributed by atoms with Crippen LogP contribution in [-0.2, 0) is 4.79 Å². The predicted molar refractivity (Wildman–Crippen MR) is 52.4 cm³/mol. The summed E-state index contributed by atoms with van der Waals surface area (Å²) in [7, 11) is 0. The zero-order valence-corrected chi connectivity index (χ0v) is 8.76. The minimum Gasteiger partial charge on any atom is -0.425 e. The number of carbonyl (C=O) groups excluding carboxylic acids is 1. The molecular formula is C10H8ClF3O2. The average molecular weight is 253 g/mol. The molecule has 16 heavy (non-hydrogen) atoms. The molecule has 1 aromatic rings. The van der Waals surface area contributed by atoms with E-state index in [1.54, 1.807) is 18.2 Å². The van der Waals surface area contributed by atoms with Gasteiger partial charge in [-0.1, -0.05) is 18.2 Å². The number of alkyl halides is 4. The van der Waals surface area contributed by atoms with Gasteiger partial charge in [-0.05, 0) is 12.1 Å². The van der Waals surface area contributed by atoms with Gasteiger partial charge in [-0.3, -0.25) is 4.79 Å². The molecule has 0 aliphatic rings. The summed E-state index contributed by atoms with van der Waals surface area (Å²) in [5, 5.41) is -1.72. The Morgan fingerprint density at radius 1 is 1.31 bits per heavy atom. The average Bonchev–Trinajstić information content (AvgIpc) is 2.16.